The molecule has 0 radical (unpaired) electrons. The molecule has 25 heavy (non-hydrogen) atoms. The number of hydrogen-bond donors (Lipinski definition) is 1. The minimum absolute atomic E-state index is 0.0227. The second-order valence-corrected chi connectivity index (χ2v) is 10.2. The van der Waals surface area contributed by atoms with Crippen LogP contribution >= 0.6 is 0 Å². The molecule has 9 rings (SSSR count). The molecule has 4 aliphatic heterocycles. The van der Waals surface area contributed by atoms with Gasteiger partial charge in [0.25, 0.3) is 0 Å². The molecule has 2 spiro atoms. The van der Waals surface area contributed by atoms with E-state index in [2.05, 4.69) is 11.5 Å². The van der Waals surface area contributed by atoms with Gasteiger partial charge in [-0.2, -0.15) is 0 Å². The lowest BCUT2D eigenvalue weighted by molar-refractivity contribution is -0.423. The van der Waals surface area contributed by atoms with E-state index in [9.17, 15) is 5.11 Å². The summed E-state index contributed by atoms with van der Waals surface area (Å²) in [4.78, 5) is 2.56. The predicted molar refractivity (Wildman–Crippen MR) is 91.4 cm³/mol. The molecular weight excluding hydrogens is 314 g/mol. The van der Waals surface area contributed by atoms with Crippen molar-refractivity contribution in [2.24, 2.45) is 34.5 Å². The molecule has 5 aliphatic carbocycles. The van der Waals surface area contributed by atoms with Crippen LogP contribution in [0, 0.1) is 34.5 Å². The lowest BCUT2D eigenvalue weighted by Gasteiger charge is -2.78. The molecule has 9 aliphatic rings. The van der Waals surface area contributed by atoms with Crippen molar-refractivity contribution in [2.45, 2.75) is 69.6 Å². The summed E-state index contributed by atoms with van der Waals surface area (Å²) in [6.45, 7) is 6.27. The Morgan fingerprint density at radius 3 is 3.04 bits per heavy atom. The zero-order valence-corrected chi connectivity index (χ0v) is 14.9. The molecule has 9 fully saturated rings. The Labute approximate surface area is 149 Å². The van der Waals surface area contributed by atoms with E-state index in [0.29, 0.717) is 11.8 Å². The van der Waals surface area contributed by atoms with Gasteiger partial charge in [0, 0.05) is 29.2 Å². The van der Waals surface area contributed by atoms with Crippen LogP contribution in [0.4, 0.5) is 0 Å². The fourth-order valence-electron chi connectivity index (χ4n) is 9.27. The molecule has 4 heteroatoms. The van der Waals surface area contributed by atoms with Gasteiger partial charge in [0.15, 0.2) is 0 Å². The summed E-state index contributed by atoms with van der Waals surface area (Å²) < 4.78 is 13.0. The number of ether oxygens (including phenoxy) is 2. The monoisotopic (exact) mass is 343 g/mol. The quantitative estimate of drug-likeness (QED) is 0.686. The molecule has 0 aromatic heterocycles. The minimum Gasteiger partial charge on any atom is -0.390 e. The number of hydrogen-bond acceptors (Lipinski definition) is 4. The summed E-state index contributed by atoms with van der Waals surface area (Å²) in [5, 5.41) is 11.5. The van der Waals surface area contributed by atoms with E-state index in [1.54, 1.807) is 0 Å². The Morgan fingerprint density at radius 1 is 1.24 bits per heavy atom. The van der Waals surface area contributed by atoms with E-state index >= 15 is 0 Å². The maximum Gasteiger partial charge on any atom is 0.119 e. The first-order valence-electron chi connectivity index (χ1n) is 10.6. The number of aliphatic hydroxyl groups excluding tert-OH is 1. The number of fused-ring (bicyclic) bond motifs is 4. The van der Waals surface area contributed by atoms with Crippen LogP contribution in [0.15, 0.2) is 12.2 Å². The van der Waals surface area contributed by atoms with E-state index < -0.39 is 0 Å². The van der Waals surface area contributed by atoms with Gasteiger partial charge in [-0.1, -0.05) is 18.6 Å². The number of aliphatic hydroxyl groups is 1. The van der Waals surface area contributed by atoms with E-state index in [1.807, 2.05) is 0 Å². The molecule has 0 amide bonds. The van der Waals surface area contributed by atoms with Crippen LogP contribution in [0.2, 0.25) is 0 Å². The molecular formula is C21H29NO3. The Balaban J connectivity index is 1.45. The molecule has 5 saturated carbocycles. The normalized spacial score (nSPS) is 64.3. The zero-order valence-electron chi connectivity index (χ0n) is 14.9. The fourth-order valence-corrected chi connectivity index (χ4v) is 9.27. The van der Waals surface area contributed by atoms with Gasteiger partial charge < -0.3 is 14.6 Å². The lowest BCUT2D eigenvalue weighted by atomic mass is 9.34. The largest absolute Gasteiger partial charge is 0.390 e. The summed E-state index contributed by atoms with van der Waals surface area (Å²) in [6.07, 6.45) is 8.80. The van der Waals surface area contributed by atoms with Crippen LogP contribution in [0.3, 0.4) is 0 Å². The van der Waals surface area contributed by atoms with Crippen LogP contribution in [-0.2, 0) is 9.47 Å². The Bertz CT molecular complexity index is 666. The second-order valence-electron chi connectivity index (χ2n) is 10.2. The van der Waals surface area contributed by atoms with Crippen molar-refractivity contribution in [1.29, 1.82) is 0 Å². The van der Waals surface area contributed by atoms with Gasteiger partial charge >= 0.3 is 0 Å². The number of piperidine rings is 1. The van der Waals surface area contributed by atoms with Crippen LogP contribution in [0.1, 0.15) is 44.9 Å². The smallest absolute Gasteiger partial charge is 0.119 e. The number of rotatable bonds is 0. The van der Waals surface area contributed by atoms with Crippen molar-refractivity contribution in [3.8, 4) is 0 Å². The third-order valence-corrected chi connectivity index (χ3v) is 9.80. The SMILES string of the molecule is C=C1CC23CCC1CC2C12CCCC4C5OCCN5C1OC3C(O)C42. The van der Waals surface area contributed by atoms with Gasteiger partial charge in [-0.3, -0.25) is 0 Å². The highest BCUT2D eigenvalue weighted by Crippen LogP contribution is 2.77. The summed E-state index contributed by atoms with van der Waals surface area (Å²) >= 11 is 0. The van der Waals surface area contributed by atoms with Crippen molar-refractivity contribution in [2.75, 3.05) is 13.2 Å². The summed E-state index contributed by atoms with van der Waals surface area (Å²) in [5.74, 6) is 2.36. The fraction of sp³-hybridized carbons (Fsp3) is 0.905. The maximum absolute atomic E-state index is 11.5. The highest BCUT2D eigenvalue weighted by Gasteiger charge is 2.79. The summed E-state index contributed by atoms with van der Waals surface area (Å²) in [7, 11) is 0. The molecule has 0 aromatic rings. The highest BCUT2D eigenvalue weighted by molar-refractivity contribution is 5.30. The van der Waals surface area contributed by atoms with Gasteiger partial charge in [-0.15, -0.1) is 0 Å². The van der Waals surface area contributed by atoms with Crippen LogP contribution in [0.25, 0.3) is 0 Å². The van der Waals surface area contributed by atoms with Crippen LogP contribution in [0.5, 0.6) is 0 Å². The van der Waals surface area contributed by atoms with Gasteiger partial charge in [0.1, 0.15) is 12.5 Å². The molecule has 4 saturated heterocycles. The molecule has 10 atom stereocenters. The molecule has 4 heterocycles. The molecule has 1 N–H and O–H groups in total. The molecule has 4 nitrogen and oxygen atoms in total. The van der Waals surface area contributed by atoms with Crippen molar-refractivity contribution in [3.63, 3.8) is 0 Å². The zero-order chi connectivity index (χ0) is 16.6. The Morgan fingerprint density at radius 2 is 2.16 bits per heavy atom. The number of allylic oxidation sites excluding steroid dienone is 1. The first-order chi connectivity index (χ1) is 12.2. The third kappa shape index (κ3) is 1.37. The van der Waals surface area contributed by atoms with Crippen molar-refractivity contribution in [3.05, 3.63) is 12.2 Å². The van der Waals surface area contributed by atoms with Gasteiger partial charge in [-0.25, -0.2) is 4.90 Å². The lowest BCUT2D eigenvalue weighted by Crippen LogP contribution is -2.83. The second kappa shape index (κ2) is 4.35. The summed E-state index contributed by atoms with van der Waals surface area (Å²) in [6, 6.07) is 0. The maximum atomic E-state index is 11.5. The standard InChI is InChI=1S/C21H29NO3/c1-11-10-20-6-4-12(11)9-14(20)21-5-2-3-13-15(21)16(23)17(20)25-19(21)22-7-8-24-18(13)22/h12-19,23H,1-10H2. The molecule has 0 aromatic carbocycles. The Kier molecular flexibility index (Phi) is 2.54. The summed E-state index contributed by atoms with van der Waals surface area (Å²) in [5.41, 5.74) is 1.79. The first kappa shape index (κ1) is 14.6. The third-order valence-electron chi connectivity index (χ3n) is 9.80. The predicted octanol–water partition coefficient (Wildman–Crippen LogP) is 2.52. The highest BCUT2D eigenvalue weighted by atomic mass is 16.6. The average molecular weight is 343 g/mol. The topological polar surface area (TPSA) is 41.9 Å². The number of nitrogens with zero attached hydrogens (tertiary/aromatic N) is 1. The van der Waals surface area contributed by atoms with E-state index in [1.165, 1.54) is 44.1 Å². The Hall–Kier alpha value is -0.420. The average Bonchev–Trinajstić information content (AvgIpc) is 3.09. The van der Waals surface area contributed by atoms with Crippen molar-refractivity contribution in [1.82, 2.24) is 4.90 Å². The van der Waals surface area contributed by atoms with Gasteiger partial charge in [-0.05, 0) is 50.4 Å². The van der Waals surface area contributed by atoms with E-state index in [0.717, 1.165) is 31.4 Å². The van der Waals surface area contributed by atoms with Crippen LogP contribution in [-0.4, -0.2) is 47.8 Å². The minimum atomic E-state index is -0.299. The van der Waals surface area contributed by atoms with Crippen molar-refractivity contribution >= 4 is 0 Å². The van der Waals surface area contributed by atoms with Gasteiger partial charge in [0.05, 0.1) is 18.8 Å². The van der Waals surface area contributed by atoms with E-state index in [-0.39, 0.29) is 35.5 Å². The molecule has 136 valence electrons. The van der Waals surface area contributed by atoms with E-state index in [4.69, 9.17) is 9.47 Å². The first-order valence-corrected chi connectivity index (χ1v) is 10.6. The molecule has 10 unspecified atom stereocenters. The molecule has 7 bridgehead atoms. The van der Waals surface area contributed by atoms with Gasteiger partial charge in [0.2, 0.25) is 0 Å². The van der Waals surface area contributed by atoms with Crippen molar-refractivity contribution < 1.29 is 14.6 Å². The van der Waals surface area contributed by atoms with Crippen LogP contribution < -0.4 is 0 Å².